The second-order valence-corrected chi connectivity index (χ2v) is 7.90. The molecule has 0 spiro atoms. The van der Waals surface area contributed by atoms with E-state index in [0.29, 0.717) is 28.7 Å². The number of amides is 1. The van der Waals surface area contributed by atoms with E-state index < -0.39 is 5.97 Å². The number of aliphatic carboxylic acids is 1. The summed E-state index contributed by atoms with van der Waals surface area (Å²) in [5.74, 6) is -0.0463. The standard InChI is InChI=1S/C27H26ClNO5/c1-3-13-34-22-9-10-23(24(28)16-22)27(32)29-17-21-15-20(8-11-25(21)33-2)19-6-4-5-18(14-19)7-12-26(30)31/h4-12,14-16H,3,13,17H2,1-2H3,(H,29,32)(H,30,31)/b12-7+. The van der Waals surface area contributed by atoms with E-state index in [1.165, 1.54) is 0 Å². The molecule has 0 saturated heterocycles. The normalized spacial score (nSPS) is 10.8. The molecule has 0 aliphatic rings. The Morgan fingerprint density at radius 2 is 1.85 bits per heavy atom. The van der Waals surface area contributed by atoms with Crippen LogP contribution < -0.4 is 14.8 Å². The molecule has 0 bridgehead atoms. The minimum absolute atomic E-state index is 0.235. The lowest BCUT2D eigenvalue weighted by atomic mass is 10.00. The highest BCUT2D eigenvalue weighted by Crippen LogP contribution is 2.28. The van der Waals surface area contributed by atoms with E-state index in [1.54, 1.807) is 31.4 Å². The molecule has 0 aromatic heterocycles. The van der Waals surface area contributed by atoms with Gasteiger partial charge in [-0.25, -0.2) is 4.79 Å². The summed E-state index contributed by atoms with van der Waals surface area (Å²) in [4.78, 5) is 23.6. The predicted octanol–water partition coefficient (Wildman–Crippen LogP) is 5.83. The van der Waals surface area contributed by atoms with E-state index in [4.69, 9.17) is 26.2 Å². The van der Waals surface area contributed by atoms with Gasteiger partial charge in [0.25, 0.3) is 5.91 Å². The van der Waals surface area contributed by atoms with Crippen molar-refractivity contribution < 1.29 is 24.2 Å². The molecule has 176 valence electrons. The van der Waals surface area contributed by atoms with Crippen molar-refractivity contribution in [3.05, 3.63) is 88.5 Å². The Hall–Kier alpha value is -3.77. The summed E-state index contributed by atoms with van der Waals surface area (Å²) in [6.45, 7) is 2.83. The average Bonchev–Trinajstić information content (AvgIpc) is 2.84. The molecule has 3 rings (SSSR count). The number of carboxylic acid groups (broad SMARTS) is 1. The van der Waals surface area contributed by atoms with Crippen molar-refractivity contribution in [2.45, 2.75) is 19.9 Å². The lowest BCUT2D eigenvalue weighted by Crippen LogP contribution is -2.23. The fraction of sp³-hybridized carbons (Fsp3) is 0.185. The molecule has 34 heavy (non-hydrogen) atoms. The molecule has 1 amide bonds. The van der Waals surface area contributed by atoms with Gasteiger partial charge in [0.15, 0.2) is 0 Å². The number of nitrogens with one attached hydrogen (secondary N) is 1. The van der Waals surface area contributed by atoms with Crippen LogP contribution in [0, 0.1) is 0 Å². The molecule has 0 unspecified atom stereocenters. The zero-order chi connectivity index (χ0) is 24.5. The zero-order valence-corrected chi connectivity index (χ0v) is 19.8. The van der Waals surface area contributed by atoms with Crippen molar-refractivity contribution in [2.24, 2.45) is 0 Å². The number of carbonyl (C=O) groups is 2. The summed E-state index contributed by atoms with van der Waals surface area (Å²) < 4.78 is 11.0. The third-order valence-corrected chi connectivity index (χ3v) is 5.33. The highest BCUT2D eigenvalue weighted by Gasteiger charge is 2.13. The minimum atomic E-state index is -1.00. The Bertz CT molecular complexity index is 1210. The highest BCUT2D eigenvalue weighted by molar-refractivity contribution is 6.34. The summed E-state index contributed by atoms with van der Waals surface area (Å²) >= 11 is 6.30. The second kappa shape index (κ2) is 11.9. The van der Waals surface area contributed by atoms with Crippen LogP contribution in [-0.2, 0) is 11.3 Å². The fourth-order valence-corrected chi connectivity index (χ4v) is 3.60. The number of hydrogen-bond donors (Lipinski definition) is 2. The average molecular weight is 480 g/mol. The molecule has 0 saturated carbocycles. The van der Waals surface area contributed by atoms with Crippen molar-refractivity contribution in [3.63, 3.8) is 0 Å². The highest BCUT2D eigenvalue weighted by atomic mass is 35.5. The van der Waals surface area contributed by atoms with E-state index in [1.807, 2.05) is 49.4 Å². The number of ether oxygens (including phenoxy) is 2. The number of rotatable bonds is 10. The Labute approximate surface area is 203 Å². The first-order valence-electron chi connectivity index (χ1n) is 10.8. The Morgan fingerprint density at radius 1 is 1.06 bits per heavy atom. The van der Waals surface area contributed by atoms with Crippen molar-refractivity contribution in [2.75, 3.05) is 13.7 Å². The Kier molecular flexibility index (Phi) is 8.71. The molecule has 0 aliphatic carbocycles. The summed E-state index contributed by atoms with van der Waals surface area (Å²) in [5.41, 5.74) is 3.74. The van der Waals surface area contributed by atoms with E-state index in [0.717, 1.165) is 34.8 Å². The first kappa shape index (κ1) is 24.9. The number of benzene rings is 3. The van der Waals surface area contributed by atoms with Gasteiger partial charge in [0.05, 0.1) is 24.3 Å². The summed E-state index contributed by atoms with van der Waals surface area (Å²) in [7, 11) is 1.57. The van der Waals surface area contributed by atoms with Crippen molar-refractivity contribution in [3.8, 4) is 22.6 Å². The Morgan fingerprint density at radius 3 is 2.56 bits per heavy atom. The van der Waals surface area contributed by atoms with Gasteiger partial charge >= 0.3 is 5.97 Å². The van der Waals surface area contributed by atoms with Crippen LogP contribution in [0.4, 0.5) is 0 Å². The predicted molar refractivity (Wildman–Crippen MR) is 134 cm³/mol. The van der Waals surface area contributed by atoms with Gasteiger partial charge in [0.1, 0.15) is 11.5 Å². The number of hydrogen-bond acceptors (Lipinski definition) is 4. The van der Waals surface area contributed by atoms with Gasteiger partial charge < -0.3 is 19.9 Å². The fourth-order valence-electron chi connectivity index (χ4n) is 3.35. The van der Waals surface area contributed by atoms with E-state index in [9.17, 15) is 9.59 Å². The van der Waals surface area contributed by atoms with Crippen LogP contribution in [0.25, 0.3) is 17.2 Å². The van der Waals surface area contributed by atoms with Crippen molar-refractivity contribution in [1.29, 1.82) is 0 Å². The molecule has 6 nitrogen and oxygen atoms in total. The van der Waals surface area contributed by atoms with Crippen molar-refractivity contribution >= 4 is 29.6 Å². The maximum absolute atomic E-state index is 12.8. The third-order valence-electron chi connectivity index (χ3n) is 5.02. The van der Waals surface area contributed by atoms with Gasteiger partial charge in [-0.3, -0.25) is 4.79 Å². The molecule has 7 heteroatoms. The van der Waals surface area contributed by atoms with Crippen LogP contribution >= 0.6 is 11.6 Å². The SMILES string of the molecule is CCCOc1ccc(C(=O)NCc2cc(-c3cccc(/C=C/C(=O)O)c3)ccc2OC)c(Cl)c1. The maximum atomic E-state index is 12.8. The van der Waals surface area contributed by atoms with Crippen LogP contribution in [-0.4, -0.2) is 30.7 Å². The van der Waals surface area contributed by atoms with Gasteiger partial charge in [-0.15, -0.1) is 0 Å². The van der Waals surface area contributed by atoms with Gasteiger partial charge in [0, 0.05) is 18.2 Å². The van der Waals surface area contributed by atoms with Crippen LogP contribution in [0.5, 0.6) is 11.5 Å². The van der Waals surface area contributed by atoms with Crippen molar-refractivity contribution in [1.82, 2.24) is 5.32 Å². The van der Waals surface area contributed by atoms with Crippen LogP contribution in [0.3, 0.4) is 0 Å². The van der Waals surface area contributed by atoms with E-state index >= 15 is 0 Å². The summed E-state index contributed by atoms with van der Waals surface area (Å²) in [6.07, 6.45) is 3.52. The molecule has 0 heterocycles. The number of carboxylic acids is 1. The third kappa shape index (κ3) is 6.62. The van der Waals surface area contributed by atoms with E-state index in [2.05, 4.69) is 5.32 Å². The molecule has 0 fully saturated rings. The first-order valence-corrected chi connectivity index (χ1v) is 11.2. The molecule has 0 aliphatic heterocycles. The van der Waals surface area contributed by atoms with Gasteiger partial charge in [-0.1, -0.05) is 42.8 Å². The number of halogens is 1. The largest absolute Gasteiger partial charge is 0.496 e. The maximum Gasteiger partial charge on any atom is 0.328 e. The monoisotopic (exact) mass is 479 g/mol. The van der Waals surface area contributed by atoms with Gasteiger partial charge in [-0.2, -0.15) is 0 Å². The van der Waals surface area contributed by atoms with E-state index in [-0.39, 0.29) is 12.5 Å². The smallest absolute Gasteiger partial charge is 0.328 e. The van der Waals surface area contributed by atoms with Crippen LogP contribution in [0.15, 0.2) is 66.7 Å². The topological polar surface area (TPSA) is 84.9 Å². The zero-order valence-electron chi connectivity index (χ0n) is 19.0. The van der Waals surface area contributed by atoms with Gasteiger partial charge in [-0.05, 0) is 65.6 Å². The van der Waals surface area contributed by atoms with Gasteiger partial charge in [0.2, 0.25) is 0 Å². The molecule has 0 radical (unpaired) electrons. The second-order valence-electron chi connectivity index (χ2n) is 7.50. The molecular formula is C27H26ClNO5. The summed E-state index contributed by atoms with van der Waals surface area (Å²) in [6, 6.07) is 18.2. The quantitative estimate of drug-likeness (QED) is 0.357. The van der Waals surface area contributed by atoms with Crippen LogP contribution in [0.1, 0.15) is 34.8 Å². The lowest BCUT2D eigenvalue weighted by Gasteiger charge is -2.13. The molecule has 3 aromatic carbocycles. The number of carbonyl (C=O) groups excluding carboxylic acids is 1. The van der Waals surface area contributed by atoms with Crippen LogP contribution in [0.2, 0.25) is 5.02 Å². The summed E-state index contributed by atoms with van der Waals surface area (Å²) in [5, 5.41) is 12.1. The molecular weight excluding hydrogens is 454 g/mol. The first-order chi connectivity index (χ1) is 16.4. The molecule has 0 atom stereocenters. The molecule has 3 aromatic rings. The minimum Gasteiger partial charge on any atom is -0.496 e. The Balaban J connectivity index is 1.78. The number of methoxy groups -OCH3 is 1. The molecule has 2 N–H and O–H groups in total. The lowest BCUT2D eigenvalue weighted by molar-refractivity contribution is -0.131.